The summed E-state index contributed by atoms with van der Waals surface area (Å²) in [7, 11) is 0. The minimum absolute atomic E-state index is 0.0491. The predicted octanol–water partition coefficient (Wildman–Crippen LogP) is 2.45. The summed E-state index contributed by atoms with van der Waals surface area (Å²) in [6, 6.07) is 4.28. The predicted molar refractivity (Wildman–Crippen MR) is 92.9 cm³/mol. The van der Waals surface area contributed by atoms with Crippen molar-refractivity contribution in [2.24, 2.45) is 0 Å². The number of rotatable bonds is 6. The Morgan fingerprint density at radius 3 is 2.67 bits per heavy atom. The number of nitrogens with zero attached hydrogens (tertiary/aromatic N) is 1. The fourth-order valence-corrected chi connectivity index (χ4v) is 3.36. The lowest BCUT2D eigenvalue weighted by molar-refractivity contribution is -0.135. The molecule has 0 radical (unpaired) electrons. The van der Waals surface area contributed by atoms with Gasteiger partial charge in [0.15, 0.2) is 0 Å². The normalized spacial score (nSPS) is 13.1. The van der Waals surface area contributed by atoms with Crippen LogP contribution in [0, 0.1) is 0 Å². The van der Waals surface area contributed by atoms with E-state index in [1.165, 1.54) is 17.5 Å². The lowest BCUT2D eigenvalue weighted by Crippen LogP contribution is -2.41. The summed E-state index contributed by atoms with van der Waals surface area (Å²) in [5.41, 5.74) is 4.48. The van der Waals surface area contributed by atoms with E-state index in [2.05, 4.69) is 17.4 Å². The van der Waals surface area contributed by atoms with Crippen LogP contribution in [0.15, 0.2) is 22.8 Å². The van der Waals surface area contributed by atoms with E-state index in [1.54, 1.807) is 11.2 Å². The van der Waals surface area contributed by atoms with Gasteiger partial charge in [-0.25, -0.2) is 0 Å². The molecule has 2 amide bonds. The number of hydrogen-bond donors (Lipinski definition) is 1. The first-order chi connectivity index (χ1) is 11.6. The molecule has 1 aromatic heterocycles. The maximum atomic E-state index is 12.6. The standard InChI is InChI=1S/C19H24N2O3/c1-3-20-18(22)11-21(4-2)19(23)10-15-12-24-17-9-14-7-5-6-13(14)8-16(15)17/h8-9,12H,3-7,10-11H2,1-2H3,(H,20,22). The van der Waals surface area contributed by atoms with Gasteiger partial charge in [0.1, 0.15) is 5.58 Å². The van der Waals surface area contributed by atoms with Crippen molar-refractivity contribution in [2.75, 3.05) is 19.6 Å². The van der Waals surface area contributed by atoms with Crippen LogP contribution in [0.3, 0.4) is 0 Å². The van der Waals surface area contributed by atoms with Gasteiger partial charge in [-0.05, 0) is 56.4 Å². The van der Waals surface area contributed by atoms with E-state index in [0.29, 0.717) is 13.1 Å². The molecule has 0 atom stereocenters. The van der Waals surface area contributed by atoms with Crippen molar-refractivity contribution in [3.63, 3.8) is 0 Å². The SMILES string of the molecule is CCNC(=O)CN(CC)C(=O)Cc1coc2cc3c(cc12)CCC3. The van der Waals surface area contributed by atoms with Crippen LogP contribution < -0.4 is 5.32 Å². The van der Waals surface area contributed by atoms with Gasteiger partial charge in [-0.1, -0.05) is 0 Å². The van der Waals surface area contributed by atoms with Crippen LogP contribution in [-0.4, -0.2) is 36.3 Å². The molecule has 3 rings (SSSR count). The summed E-state index contributed by atoms with van der Waals surface area (Å²) in [5.74, 6) is -0.172. The van der Waals surface area contributed by atoms with Crippen molar-refractivity contribution >= 4 is 22.8 Å². The number of aryl methyl sites for hydroxylation is 2. The highest BCUT2D eigenvalue weighted by Crippen LogP contribution is 2.30. The second-order valence-electron chi connectivity index (χ2n) is 6.27. The minimum Gasteiger partial charge on any atom is -0.464 e. The zero-order chi connectivity index (χ0) is 17.1. The first kappa shape index (κ1) is 16.6. The number of carbonyl (C=O) groups is 2. The summed E-state index contributed by atoms with van der Waals surface area (Å²) < 4.78 is 5.66. The Morgan fingerprint density at radius 1 is 1.21 bits per heavy atom. The number of fused-ring (bicyclic) bond motifs is 2. The fourth-order valence-electron chi connectivity index (χ4n) is 3.36. The molecule has 0 aliphatic heterocycles. The van der Waals surface area contributed by atoms with Crippen molar-refractivity contribution in [2.45, 2.75) is 39.5 Å². The molecule has 128 valence electrons. The number of hydrogen-bond acceptors (Lipinski definition) is 3. The Bertz CT molecular complexity index is 763. The Kier molecular flexibility index (Phi) is 4.88. The smallest absolute Gasteiger partial charge is 0.239 e. The second-order valence-corrected chi connectivity index (χ2v) is 6.27. The maximum Gasteiger partial charge on any atom is 0.239 e. The van der Waals surface area contributed by atoms with Gasteiger partial charge >= 0.3 is 0 Å². The summed E-state index contributed by atoms with van der Waals surface area (Å²) in [5, 5.41) is 3.76. The van der Waals surface area contributed by atoms with Crippen molar-refractivity contribution in [1.82, 2.24) is 10.2 Å². The molecular formula is C19H24N2O3. The van der Waals surface area contributed by atoms with Gasteiger partial charge in [0.25, 0.3) is 0 Å². The maximum absolute atomic E-state index is 12.6. The number of benzene rings is 1. The van der Waals surface area contributed by atoms with Crippen molar-refractivity contribution in [3.8, 4) is 0 Å². The molecule has 0 spiro atoms. The molecular weight excluding hydrogens is 304 g/mol. The van der Waals surface area contributed by atoms with E-state index in [-0.39, 0.29) is 24.8 Å². The minimum atomic E-state index is -0.123. The molecule has 1 aliphatic carbocycles. The fraction of sp³-hybridized carbons (Fsp3) is 0.474. The van der Waals surface area contributed by atoms with Crippen LogP contribution in [0.25, 0.3) is 11.0 Å². The molecule has 1 aliphatic rings. The number of furan rings is 1. The lowest BCUT2D eigenvalue weighted by atomic mass is 10.0. The largest absolute Gasteiger partial charge is 0.464 e. The van der Waals surface area contributed by atoms with E-state index in [9.17, 15) is 9.59 Å². The van der Waals surface area contributed by atoms with Crippen LogP contribution in [0.1, 0.15) is 37.0 Å². The van der Waals surface area contributed by atoms with E-state index >= 15 is 0 Å². The van der Waals surface area contributed by atoms with Crippen LogP contribution in [0.4, 0.5) is 0 Å². The molecule has 5 heteroatoms. The Labute approximate surface area is 142 Å². The number of carbonyl (C=O) groups excluding carboxylic acids is 2. The van der Waals surface area contributed by atoms with Gasteiger partial charge in [0.2, 0.25) is 11.8 Å². The zero-order valence-electron chi connectivity index (χ0n) is 14.4. The molecule has 0 saturated heterocycles. The average molecular weight is 328 g/mol. The molecule has 5 nitrogen and oxygen atoms in total. The van der Waals surface area contributed by atoms with Gasteiger partial charge in [-0.15, -0.1) is 0 Å². The van der Waals surface area contributed by atoms with Crippen LogP contribution >= 0.6 is 0 Å². The monoisotopic (exact) mass is 328 g/mol. The highest BCUT2D eigenvalue weighted by molar-refractivity contribution is 5.90. The molecule has 0 unspecified atom stereocenters. The Morgan fingerprint density at radius 2 is 1.96 bits per heavy atom. The molecule has 24 heavy (non-hydrogen) atoms. The second kappa shape index (κ2) is 7.07. The van der Waals surface area contributed by atoms with Gasteiger partial charge < -0.3 is 14.6 Å². The third kappa shape index (κ3) is 3.30. The van der Waals surface area contributed by atoms with Crippen molar-refractivity contribution < 1.29 is 14.0 Å². The summed E-state index contributed by atoms with van der Waals surface area (Å²) in [4.78, 5) is 25.9. The van der Waals surface area contributed by atoms with Gasteiger partial charge in [-0.3, -0.25) is 9.59 Å². The molecule has 0 bridgehead atoms. The Hall–Kier alpha value is -2.30. The first-order valence-electron chi connectivity index (χ1n) is 8.68. The van der Waals surface area contributed by atoms with Crippen molar-refractivity contribution in [1.29, 1.82) is 0 Å². The highest BCUT2D eigenvalue weighted by atomic mass is 16.3. The molecule has 1 N–H and O–H groups in total. The average Bonchev–Trinajstić information content (AvgIpc) is 3.17. The quantitative estimate of drug-likeness (QED) is 0.886. The first-order valence-corrected chi connectivity index (χ1v) is 8.68. The van der Waals surface area contributed by atoms with Crippen LogP contribution in [0.2, 0.25) is 0 Å². The van der Waals surface area contributed by atoms with Crippen LogP contribution in [0.5, 0.6) is 0 Å². The highest BCUT2D eigenvalue weighted by Gasteiger charge is 2.20. The molecule has 1 heterocycles. The third-order valence-electron chi connectivity index (χ3n) is 4.65. The molecule has 0 saturated carbocycles. The topological polar surface area (TPSA) is 62.6 Å². The van der Waals surface area contributed by atoms with Crippen LogP contribution in [-0.2, 0) is 28.9 Å². The van der Waals surface area contributed by atoms with Gasteiger partial charge in [0.05, 0.1) is 19.2 Å². The number of nitrogens with one attached hydrogen (secondary N) is 1. The van der Waals surface area contributed by atoms with E-state index in [4.69, 9.17) is 4.42 Å². The van der Waals surface area contributed by atoms with Gasteiger partial charge in [0, 0.05) is 24.0 Å². The lowest BCUT2D eigenvalue weighted by Gasteiger charge is -2.20. The van der Waals surface area contributed by atoms with E-state index < -0.39 is 0 Å². The van der Waals surface area contributed by atoms with Gasteiger partial charge in [-0.2, -0.15) is 0 Å². The number of likely N-dealkylation sites (N-methyl/N-ethyl adjacent to an activating group) is 2. The molecule has 2 aromatic rings. The van der Waals surface area contributed by atoms with E-state index in [0.717, 1.165) is 29.4 Å². The van der Waals surface area contributed by atoms with E-state index in [1.807, 2.05) is 13.8 Å². The third-order valence-corrected chi connectivity index (χ3v) is 4.65. The summed E-state index contributed by atoms with van der Waals surface area (Å²) in [6.07, 6.45) is 5.33. The van der Waals surface area contributed by atoms with Crippen molar-refractivity contribution in [3.05, 3.63) is 35.1 Å². The summed E-state index contributed by atoms with van der Waals surface area (Å²) in [6.45, 7) is 4.95. The Balaban J connectivity index is 1.76. The summed E-state index contributed by atoms with van der Waals surface area (Å²) >= 11 is 0. The number of amides is 2. The zero-order valence-corrected chi connectivity index (χ0v) is 14.4. The molecule has 1 aromatic carbocycles. The molecule has 0 fully saturated rings.